The topological polar surface area (TPSA) is 107 Å². The van der Waals surface area contributed by atoms with E-state index in [1.807, 2.05) is 48.5 Å². The summed E-state index contributed by atoms with van der Waals surface area (Å²) in [5.41, 5.74) is 2.41. The molecule has 1 N–H and O–H groups in total. The maximum absolute atomic E-state index is 13.3. The Morgan fingerprint density at radius 1 is 1.05 bits per heavy atom. The molecule has 10 heteroatoms. The summed E-state index contributed by atoms with van der Waals surface area (Å²) in [6.45, 7) is 0.442. The highest BCUT2D eigenvalue weighted by atomic mass is 32.2. The number of esters is 1. The van der Waals surface area contributed by atoms with Crippen LogP contribution >= 0.6 is 11.8 Å². The number of carbonyl (C=O) groups excluding carboxylic acids is 3. The second-order valence-electron chi connectivity index (χ2n) is 8.27. The molecule has 0 aromatic heterocycles. The van der Waals surface area contributed by atoms with E-state index in [9.17, 15) is 14.4 Å². The van der Waals surface area contributed by atoms with Crippen molar-refractivity contribution in [1.29, 1.82) is 0 Å². The molecule has 1 atom stereocenters. The lowest BCUT2D eigenvalue weighted by molar-refractivity contribution is -0.129. The first-order valence-corrected chi connectivity index (χ1v) is 12.4. The Morgan fingerprint density at radius 3 is 2.57 bits per heavy atom. The van der Waals surface area contributed by atoms with E-state index in [0.717, 1.165) is 5.56 Å². The Labute approximate surface area is 217 Å². The second-order valence-corrected chi connectivity index (χ2v) is 9.44. The van der Waals surface area contributed by atoms with Crippen LogP contribution in [-0.2, 0) is 20.9 Å². The highest BCUT2D eigenvalue weighted by molar-refractivity contribution is 8.15. The molecule has 3 aromatic rings. The molecular weight excluding hydrogens is 494 g/mol. The number of aliphatic imine (C=N–C) groups is 1. The van der Waals surface area contributed by atoms with Gasteiger partial charge in [-0.15, -0.1) is 0 Å². The quantitative estimate of drug-likeness (QED) is 0.484. The number of rotatable bonds is 6. The van der Waals surface area contributed by atoms with E-state index in [-0.39, 0.29) is 31.6 Å². The van der Waals surface area contributed by atoms with Gasteiger partial charge in [0.2, 0.25) is 18.6 Å². The van der Waals surface area contributed by atoms with Crippen molar-refractivity contribution in [2.24, 2.45) is 4.99 Å². The number of para-hydroxylation sites is 1. The molecule has 1 saturated heterocycles. The van der Waals surface area contributed by atoms with Crippen LogP contribution in [0.4, 0.5) is 11.4 Å². The molecule has 3 aromatic carbocycles. The Kier molecular flexibility index (Phi) is 7.09. The van der Waals surface area contributed by atoms with Crippen LogP contribution in [0.2, 0.25) is 0 Å². The van der Waals surface area contributed by atoms with Crippen molar-refractivity contribution in [3.05, 3.63) is 83.9 Å². The summed E-state index contributed by atoms with van der Waals surface area (Å²) in [5.74, 6) is 0.292. The van der Waals surface area contributed by atoms with Crippen molar-refractivity contribution in [1.82, 2.24) is 4.90 Å². The zero-order chi connectivity index (χ0) is 25.8. The van der Waals surface area contributed by atoms with Crippen molar-refractivity contribution in [2.75, 3.05) is 19.2 Å². The molecule has 37 heavy (non-hydrogen) atoms. The lowest BCUT2D eigenvalue weighted by Crippen LogP contribution is -2.44. The number of carbonyl (C=O) groups is 3. The SMILES string of the molecule is COC(=O)c1ccc(NC(=O)C2CC(=O)N(Cc3ccc4c(c3)OCO4)C(=Nc3ccccc3)S2)cc1. The first-order chi connectivity index (χ1) is 18.0. The van der Waals surface area contributed by atoms with Gasteiger partial charge in [-0.05, 0) is 54.1 Å². The summed E-state index contributed by atoms with van der Waals surface area (Å²) in [6.07, 6.45) is 0.00903. The number of nitrogens with zero attached hydrogens (tertiary/aromatic N) is 2. The lowest BCUT2D eigenvalue weighted by Gasteiger charge is -2.32. The van der Waals surface area contributed by atoms with E-state index in [1.54, 1.807) is 29.2 Å². The van der Waals surface area contributed by atoms with Gasteiger partial charge in [-0.3, -0.25) is 14.5 Å². The van der Waals surface area contributed by atoms with Crippen LogP contribution in [0.1, 0.15) is 22.3 Å². The number of fused-ring (bicyclic) bond motifs is 1. The van der Waals surface area contributed by atoms with Crippen LogP contribution < -0.4 is 14.8 Å². The van der Waals surface area contributed by atoms with Crippen molar-refractivity contribution < 1.29 is 28.6 Å². The Hall–Kier alpha value is -4.31. The highest BCUT2D eigenvalue weighted by Gasteiger charge is 2.36. The number of amides is 2. The first kappa shape index (κ1) is 24.4. The second kappa shape index (κ2) is 10.8. The smallest absolute Gasteiger partial charge is 0.337 e. The van der Waals surface area contributed by atoms with E-state index < -0.39 is 11.2 Å². The number of amidine groups is 1. The monoisotopic (exact) mass is 517 g/mol. The van der Waals surface area contributed by atoms with Gasteiger partial charge in [-0.1, -0.05) is 36.0 Å². The minimum atomic E-state index is -0.678. The van der Waals surface area contributed by atoms with Gasteiger partial charge in [0.1, 0.15) is 5.25 Å². The van der Waals surface area contributed by atoms with Crippen LogP contribution in [0.15, 0.2) is 77.8 Å². The number of benzene rings is 3. The van der Waals surface area contributed by atoms with Crippen LogP contribution in [0.3, 0.4) is 0 Å². The third-order valence-electron chi connectivity index (χ3n) is 5.76. The molecule has 0 bridgehead atoms. The third kappa shape index (κ3) is 5.59. The lowest BCUT2D eigenvalue weighted by atomic mass is 10.1. The summed E-state index contributed by atoms with van der Waals surface area (Å²) >= 11 is 1.23. The largest absolute Gasteiger partial charge is 0.465 e. The van der Waals surface area contributed by atoms with E-state index in [4.69, 9.17) is 19.2 Å². The van der Waals surface area contributed by atoms with Gasteiger partial charge >= 0.3 is 5.97 Å². The Bertz CT molecular complexity index is 1360. The zero-order valence-electron chi connectivity index (χ0n) is 19.9. The Balaban J connectivity index is 1.35. The average Bonchev–Trinajstić information content (AvgIpc) is 3.39. The summed E-state index contributed by atoms with van der Waals surface area (Å²) in [5, 5.41) is 2.58. The molecule has 2 aliphatic heterocycles. The maximum Gasteiger partial charge on any atom is 0.337 e. The molecule has 2 heterocycles. The normalized spacial score (nSPS) is 17.5. The standard InChI is InChI=1S/C27H23N3O6S/c1-34-26(33)18-8-10-20(11-9-18)28-25(32)23-14-24(31)30(27(37-23)29-19-5-3-2-4-6-19)15-17-7-12-21-22(13-17)36-16-35-21/h2-13,23H,14-16H2,1H3,(H,28,32). The fourth-order valence-electron chi connectivity index (χ4n) is 3.86. The molecule has 1 fully saturated rings. The number of nitrogens with one attached hydrogen (secondary N) is 1. The van der Waals surface area contributed by atoms with Crippen LogP contribution in [0, 0.1) is 0 Å². The van der Waals surface area contributed by atoms with Gasteiger partial charge in [-0.2, -0.15) is 0 Å². The summed E-state index contributed by atoms with van der Waals surface area (Å²) in [4.78, 5) is 44.3. The van der Waals surface area contributed by atoms with Gasteiger partial charge < -0.3 is 19.5 Å². The molecule has 1 unspecified atom stereocenters. The number of hydrogen-bond donors (Lipinski definition) is 1. The molecule has 0 saturated carbocycles. The van der Waals surface area contributed by atoms with Gasteiger partial charge in [0.15, 0.2) is 16.7 Å². The van der Waals surface area contributed by atoms with Crippen LogP contribution in [-0.4, -0.2) is 47.0 Å². The van der Waals surface area contributed by atoms with Crippen LogP contribution in [0.5, 0.6) is 11.5 Å². The van der Waals surface area contributed by atoms with Gasteiger partial charge in [0.05, 0.1) is 24.9 Å². The van der Waals surface area contributed by atoms with E-state index >= 15 is 0 Å². The summed E-state index contributed by atoms with van der Waals surface area (Å²) in [7, 11) is 1.31. The highest BCUT2D eigenvalue weighted by Crippen LogP contribution is 2.35. The van der Waals surface area contributed by atoms with E-state index in [1.165, 1.54) is 18.9 Å². The minimum Gasteiger partial charge on any atom is -0.465 e. The van der Waals surface area contributed by atoms with Crippen LogP contribution in [0.25, 0.3) is 0 Å². The van der Waals surface area contributed by atoms with Crippen molar-refractivity contribution in [3.63, 3.8) is 0 Å². The van der Waals surface area contributed by atoms with Gasteiger partial charge in [0, 0.05) is 12.1 Å². The maximum atomic E-state index is 13.3. The molecule has 0 radical (unpaired) electrons. The van der Waals surface area contributed by atoms with Crippen molar-refractivity contribution in [2.45, 2.75) is 18.2 Å². The predicted octanol–water partition coefficient (Wildman–Crippen LogP) is 4.36. The van der Waals surface area contributed by atoms with Gasteiger partial charge in [-0.25, -0.2) is 9.79 Å². The molecule has 5 rings (SSSR count). The minimum absolute atomic E-state index is 0.00903. The molecule has 2 amide bonds. The molecule has 0 spiro atoms. The van der Waals surface area contributed by atoms with Crippen molar-refractivity contribution >= 4 is 46.1 Å². The third-order valence-corrected chi connectivity index (χ3v) is 6.95. The first-order valence-electron chi connectivity index (χ1n) is 11.5. The summed E-state index contributed by atoms with van der Waals surface area (Å²) < 4.78 is 15.6. The summed E-state index contributed by atoms with van der Waals surface area (Å²) in [6, 6.07) is 21.2. The average molecular weight is 518 g/mol. The molecule has 0 aliphatic carbocycles. The number of hydrogen-bond acceptors (Lipinski definition) is 8. The van der Waals surface area contributed by atoms with E-state index in [0.29, 0.717) is 33.6 Å². The fraction of sp³-hybridized carbons (Fsp3) is 0.185. The molecule has 9 nitrogen and oxygen atoms in total. The molecule has 188 valence electrons. The number of thioether (sulfide) groups is 1. The van der Waals surface area contributed by atoms with E-state index in [2.05, 4.69) is 5.32 Å². The zero-order valence-corrected chi connectivity index (χ0v) is 20.7. The Morgan fingerprint density at radius 2 is 1.81 bits per heavy atom. The molecular formula is C27H23N3O6S. The molecule has 2 aliphatic rings. The number of anilines is 1. The van der Waals surface area contributed by atoms with Crippen molar-refractivity contribution in [3.8, 4) is 11.5 Å². The fourth-order valence-corrected chi connectivity index (χ4v) is 4.96. The number of methoxy groups -OCH3 is 1. The predicted molar refractivity (Wildman–Crippen MR) is 139 cm³/mol. The number of ether oxygens (including phenoxy) is 3. The van der Waals surface area contributed by atoms with Gasteiger partial charge in [0.25, 0.3) is 0 Å².